The summed E-state index contributed by atoms with van der Waals surface area (Å²) in [6.45, 7) is 3.16. The zero-order chi connectivity index (χ0) is 13.5. The molecule has 1 aromatic heterocycles. The van der Waals surface area contributed by atoms with Crippen LogP contribution >= 0.6 is 0 Å². The van der Waals surface area contributed by atoms with Crippen LogP contribution in [-0.2, 0) is 0 Å². The van der Waals surface area contributed by atoms with Crippen molar-refractivity contribution in [1.29, 1.82) is 0 Å². The Morgan fingerprint density at radius 1 is 1.20 bits per heavy atom. The SMILES string of the molecule is Cc1ccccc1C1CCNc2nc(C3CCC3)nn21. The molecule has 1 aliphatic carbocycles. The highest BCUT2D eigenvalue weighted by atomic mass is 15.4. The fourth-order valence-electron chi connectivity index (χ4n) is 3.21. The van der Waals surface area contributed by atoms with Gasteiger partial charge in [0.2, 0.25) is 5.95 Å². The van der Waals surface area contributed by atoms with Gasteiger partial charge in [0.15, 0.2) is 5.82 Å². The molecule has 0 bridgehead atoms. The first-order valence-electron chi connectivity index (χ1n) is 7.59. The van der Waals surface area contributed by atoms with Gasteiger partial charge in [0.25, 0.3) is 0 Å². The van der Waals surface area contributed by atoms with Gasteiger partial charge in [-0.25, -0.2) is 4.68 Å². The molecule has 0 saturated heterocycles. The van der Waals surface area contributed by atoms with Crippen molar-refractivity contribution in [1.82, 2.24) is 14.8 Å². The van der Waals surface area contributed by atoms with E-state index in [1.54, 1.807) is 0 Å². The number of rotatable bonds is 2. The lowest BCUT2D eigenvalue weighted by atomic mass is 9.85. The van der Waals surface area contributed by atoms with Crippen LogP contribution in [-0.4, -0.2) is 21.3 Å². The Kier molecular flexibility index (Phi) is 2.76. The average Bonchev–Trinajstić information content (AvgIpc) is 2.80. The van der Waals surface area contributed by atoms with E-state index >= 15 is 0 Å². The van der Waals surface area contributed by atoms with E-state index in [0.717, 1.165) is 24.7 Å². The third-order valence-electron chi connectivity index (χ3n) is 4.66. The molecule has 1 aromatic carbocycles. The Hall–Kier alpha value is -1.84. The zero-order valence-electron chi connectivity index (χ0n) is 11.8. The lowest BCUT2D eigenvalue weighted by Gasteiger charge is -2.26. The van der Waals surface area contributed by atoms with Crippen LogP contribution < -0.4 is 5.32 Å². The van der Waals surface area contributed by atoms with E-state index < -0.39 is 0 Å². The summed E-state index contributed by atoms with van der Waals surface area (Å²) in [4.78, 5) is 4.72. The molecule has 2 aromatic rings. The molecule has 1 saturated carbocycles. The van der Waals surface area contributed by atoms with Crippen molar-refractivity contribution in [3.8, 4) is 0 Å². The third-order valence-corrected chi connectivity index (χ3v) is 4.66. The van der Waals surface area contributed by atoms with Gasteiger partial charge in [-0.2, -0.15) is 10.1 Å². The molecular weight excluding hydrogens is 248 g/mol. The molecule has 1 fully saturated rings. The van der Waals surface area contributed by atoms with E-state index in [1.165, 1.54) is 30.4 Å². The minimum absolute atomic E-state index is 0.328. The lowest BCUT2D eigenvalue weighted by molar-refractivity contribution is 0.393. The summed E-state index contributed by atoms with van der Waals surface area (Å²) in [6, 6.07) is 8.95. The van der Waals surface area contributed by atoms with Gasteiger partial charge in [0.1, 0.15) is 0 Å². The normalized spacial score (nSPS) is 21.9. The van der Waals surface area contributed by atoms with Crippen LogP contribution in [0.3, 0.4) is 0 Å². The summed E-state index contributed by atoms with van der Waals surface area (Å²) < 4.78 is 2.11. The van der Waals surface area contributed by atoms with Gasteiger partial charge in [0.05, 0.1) is 6.04 Å². The lowest BCUT2D eigenvalue weighted by Crippen LogP contribution is -2.25. The Morgan fingerprint density at radius 3 is 2.80 bits per heavy atom. The standard InChI is InChI=1S/C16H20N4/c1-11-5-2-3-8-13(11)14-9-10-17-16-18-15(19-20(14)16)12-6-4-7-12/h2-3,5,8,12,14H,4,6-7,9-10H2,1H3,(H,17,18,19). The van der Waals surface area contributed by atoms with E-state index in [-0.39, 0.29) is 0 Å². The number of anilines is 1. The van der Waals surface area contributed by atoms with E-state index in [0.29, 0.717) is 12.0 Å². The quantitative estimate of drug-likeness (QED) is 0.909. The van der Waals surface area contributed by atoms with Crippen LogP contribution in [0.1, 0.15) is 54.6 Å². The van der Waals surface area contributed by atoms with Gasteiger partial charge >= 0.3 is 0 Å². The van der Waals surface area contributed by atoms with Crippen molar-refractivity contribution >= 4 is 5.95 Å². The Morgan fingerprint density at radius 2 is 2.05 bits per heavy atom. The highest BCUT2D eigenvalue weighted by Crippen LogP contribution is 2.37. The minimum Gasteiger partial charge on any atom is -0.354 e. The third kappa shape index (κ3) is 1.82. The van der Waals surface area contributed by atoms with Crippen LogP contribution in [0.5, 0.6) is 0 Å². The van der Waals surface area contributed by atoms with Crippen LogP contribution in [0, 0.1) is 6.92 Å². The molecule has 0 amide bonds. The molecule has 4 heteroatoms. The summed E-state index contributed by atoms with van der Waals surface area (Å²) in [5, 5.41) is 8.21. The Labute approximate surface area is 119 Å². The molecule has 0 radical (unpaired) electrons. The summed E-state index contributed by atoms with van der Waals surface area (Å²) in [5.41, 5.74) is 2.71. The minimum atomic E-state index is 0.328. The second-order valence-corrected chi connectivity index (χ2v) is 5.95. The number of nitrogens with one attached hydrogen (secondary N) is 1. The fourth-order valence-corrected chi connectivity index (χ4v) is 3.21. The number of aryl methyl sites for hydroxylation is 1. The maximum Gasteiger partial charge on any atom is 0.221 e. The van der Waals surface area contributed by atoms with E-state index in [1.807, 2.05) is 0 Å². The average molecular weight is 268 g/mol. The molecule has 4 nitrogen and oxygen atoms in total. The number of benzene rings is 1. The first-order valence-corrected chi connectivity index (χ1v) is 7.59. The van der Waals surface area contributed by atoms with Gasteiger partial charge in [0, 0.05) is 12.5 Å². The molecule has 2 heterocycles. The maximum atomic E-state index is 4.81. The topological polar surface area (TPSA) is 42.7 Å². The highest BCUT2D eigenvalue weighted by molar-refractivity contribution is 5.36. The smallest absolute Gasteiger partial charge is 0.221 e. The van der Waals surface area contributed by atoms with Crippen LogP contribution in [0.2, 0.25) is 0 Å². The monoisotopic (exact) mass is 268 g/mol. The van der Waals surface area contributed by atoms with E-state index in [2.05, 4.69) is 41.2 Å². The summed E-state index contributed by atoms with van der Waals surface area (Å²) in [7, 11) is 0. The van der Waals surface area contributed by atoms with E-state index in [9.17, 15) is 0 Å². The molecule has 1 aliphatic heterocycles. The molecule has 104 valence electrons. The van der Waals surface area contributed by atoms with Crippen molar-refractivity contribution in [3.63, 3.8) is 0 Å². The van der Waals surface area contributed by atoms with Crippen molar-refractivity contribution in [2.75, 3.05) is 11.9 Å². The second kappa shape index (κ2) is 4.62. The molecule has 0 spiro atoms. The van der Waals surface area contributed by atoms with Crippen LogP contribution in [0.15, 0.2) is 24.3 Å². The number of hydrogen-bond donors (Lipinski definition) is 1. The van der Waals surface area contributed by atoms with Gasteiger partial charge in [-0.1, -0.05) is 30.7 Å². The summed E-state index contributed by atoms with van der Waals surface area (Å²) in [6.07, 6.45) is 4.89. The van der Waals surface area contributed by atoms with Gasteiger partial charge in [-0.15, -0.1) is 0 Å². The highest BCUT2D eigenvalue weighted by Gasteiger charge is 2.29. The van der Waals surface area contributed by atoms with Crippen molar-refractivity contribution < 1.29 is 0 Å². The first kappa shape index (κ1) is 11.9. The Balaban J connectivity index is 1.74. The van der Waals surface area contributed by atoms with Gasteiger partial charge in [-0.05, 0) is 37.3 Å². The summed E-state index contributed by atoms with van der Waals surface area (Å²) in [5.74, 6) is 2.58. The van der Waals surface area contributed by atoms with Crippen molar-refractivity contribution in [2.24, 2.45) is 0 Å². The number of fused-ring (bicyclic) bond motifs is 1. The van der Waals surface area contributed by atoms with Crippen LogP contribution in [0.25, 0.3) is 0 Å². The predicted molar refractivity (Wildman–Crippen MR) is 79.0 cm³/mol. The fraction of sp³-hybridized carbons (Fsp3) is 0.500. The van der Waals surface area contributed by atoms with Crippen molar-refractivity contribution in [3.05, 3.63) is 41.2 Å². The Bertz CT molecular complexity index is 627. The molecule has 1 atom stereocenters. The molecule has 20 heavy (non-hydrogen) atoms. The molecule has 4 rings (SSSR count). The van der Waals surface area contributed by atoms with Gasteiger partial charge < -0.3 is 5.32 Å². The largest absolute Gasteiger partial charge is 0.354 e. The molecular formula is C16H20N4. The predicted octanol–water partition coefficient (Wildman–Crippen LogP) is 3.26. The maximum absolute atomic E-state index is 4.81. The molecule has 1 unspecified atom stereocenters. The molecule has 1 N–H and O–H groups in total. The molecule has 2 aliphatic rings. The zero-order valence-corrected chi connectivity index (χ0v) is 11.8. The van der Waals surface area contributed by atoms with Crippen molar-refractivity contribution in [2.45, 2.75) is 44.6 Å². The van der Waals surface area contributed by atoms with E-state index in [4.69, 9.17) is 10.1 Å². The summed E-state index contributed by atoms with van der Waals surface area (Å²) >= 11 is 0. The number of aromatic nitrogens is 3. The number of nitrogens with zero attached hydrogens (tertiary/aromatic N) is 3. The number of hydrogen-bond acceptors (Lipinski definition) is 3. The van der Waals surface area contributed by atoms with Gasteiger partial charge in [-0.3, -0.25) is 0 Å². The second-order valence-electron chi connectivity index (χ2n) is 5.95. The first-order chi connectivity index (χ1) is 9.83. The van der Waals surface area contributed by atoms with Crippen LogP contribution in [0.4, 0.5) is 5.95 Å².